The fourth-order valence-electron chi connectivity index (χ4n) is 2.71. The number of nitro benzene ring substituents is 1. The third-order valence-electron chi connectivity index (χ3n) is 4.09. The number of amidine groups is 1. The highest BCUT2D eigenvalue weighted by molar-refractivity contribution is 7.80. The van der Waals surface area contributed by atoms with E-state index in [4.69, 9.17) is 12.2 Å². The second kappa shape index (κ2) is 7.45. The van der Waals surface area contributed by atoms with Gasteiger partial charge in [-0.1, -0.05) is 36.4 Å². The van der Waals surface area contributed by atoms with Crippen LogP contribution in [0.2, 0.25) is 0 Å². The van der Waals surface area contributed by atoms with Crippen molar-refractivity contribution in [2.75, 3.05) is 10.0 Å². The van der Waals surface area contributed by atoms with Crippen LogP contribution < -0.4 is 15.4 Å². The lowest BCUT2D eigenvalue weighted by molar-refractivity contribution is -0.384. The van der Waals surface area contributed by atoms with Gasteiger partial charge in [0.15, 0.2) is 5.84 Å². The SMILES string of the molecule is O=[N+]([O-])c1ccc(C2=NN(c3ccccc3)C(=S)N(c3ccccc3)[N]2)cc1. The van der Waals surface area contributed by atoms with Crippen LogP contribution in [0.1, 0.15) is 5.56 Å². The molecule has 1 heterocycles. The first-order valence-corrected chi connectivity index (χ1v) is 8.84. The minimum atomic E-state index is -0.439. The Morgan fingerprint density at radius 2 is 1.32 bits per heavy atom. The second-order valence-electron chi connectivity index (χ2n) is 5.90. The molecule has 8 heteroatoms. The molecule has 28 heavy (non-hydrogen) atoms. The second-order valence-corrected chi connectivity index (χ2v) is 6.27. The van der Waals surface area contributed by atoms with E-state index in [0.717, 1.165) is 11.4 Å². The molecule has 0 amide bonds. The van der Waals surface area contributed by atoms with E-state index in [1.54, 1.807) is 22.2 Å². The average molecular weight is 388 g/mol. The van der Waals surface area contributed by atoms with Gasteiger partial charge in [0.2, 0.25) is 5.11 Å². The molecule has 0 N–H and O–H groups in total. The van der Waals surface area contributed by atoms with Gasteiger partial charge in [-0.2, -0.15) is 0 Å². The molecule has 7 nitrogen and oxygen atoms in total. The fraction of sp³-hybridized carbons (Fsp3) is 0. The number of anilines is 2. The summed E-state index contributed by atoms with van der Waals surface area (Å²) in [6, 6.07) is 25.1. The maximum Gasteiger partial charge on any atom is 0.269 e. The maximum atomic E-state index is 10.9. The molecule has 0 aromatic heterocycles. The molecule has 1 aliphatic heterocycles. The number of para-hydroxylation sites is 2. The topological polar surface area (TPSA) is 76.1 Å². The standard InChI is InChI=1S/C20H14N5O2S/c26-25(27)18-13-11-15(12-14-18)19-21-23(16-7-3-1-4-8-16)20(28)24(22-19)17-9-5-2-6-10-17/h1-14H. The molecule has 0 saturated heterocycles. The molecular weight excluding hydrogens is 374 g/mol. The summed E-state index contributed by atoms with van der Waals surface area (Å²) < 4.78 is 0. The monoisotopic (exact) mass is 388 g/mol. The summed E-state index contributed by atoms with van der Waals surface area (Å²) in [7, 11) is 0. The van der Waals surface area contributed by atoms with Crippen molar-refractivity contribution in [3.8, 4) is 0 Å². The van der Waals surface area contributed by atoms with Crippen LogP contribution >= 0.6 is 12.2 Å². The molecule has 0 aliphatic carbocycles. The number of hydrazone groups is 1. The smallest absolute Gasteiger partial charge is 0.258 e. The number of hydrogen-bond acceptors (Lipinski definition) is 4. The third-order valence-corrected chi connectivity index (χ3v) is 4.44. The molecule has 0 bridgehead atoms. The highest BCUT2D eigenvalue weighted by Crippen LogP contribution is 2.24. The number of thiocarbonyl (C=S) groups is 1. The first-order chi connectivity index (χ1) is 13.6. The van der Waals surface area contributed by atoms with Gasteiger partial charge in [0, 0.05) is 17.7 Å². The van der Waals surface area contributed by atoms with Crippen LogP contribution in [0.3, 0.4) is 0 Å². The van der Waals surface area contributed by atoms with Crippen LogP contribution in [0.25, 0.3) is 0 Å². The summed E-state index contributed by atoms with van der Waals surface area (Å²) in [5, 5.41) is 19.2. The van der Waals surface area contributed by atoms with Gasteiger partial charge in [-0.25, -0.2) is 10.0 Å². The number of benzene rings is 3. The lowest BCUT2D eigenvalue weighted by atomic mass is 10.2. The van der Waals surface area contributed by atoms with Crippen LogP contribution in [-0.4, -0.2) is 15.9 Å². The summed E-state index contributed by atoms with van der Waals surface area (Å²) in [6.07, 6.45) is 0. The Morgan fingerprint density at radius 1 is 0.786 bits per heavy atom. The number of nitro groups is 1. The molecule has 3 aromatic carbocycles. The molecule has 0 saturated carbocycles. The van der Waals surface area contributed by atoms with Crippen LogP contribution in [0.4, 0.5) is 17.1 Å². The van der Waals surface area contributed by atoms with E-state index in [9.17, 15) is 10.1 Å². The molecule has 1 aliphatic rings. The lowest BCUT2D eigenvalue weighted by Crippen LogP contribution is -2.52. The van der Waals surface area contributed by atoms with Gasteiger partial charge in [0.25, 0.3) is 5.69 Å². The minimum Gasteiger partial charge on any atom is -0.258 e. The predicted octanol–water partition coefficient (Wildman–Crippen LogP) is 4.09. The van der Waals surface area contributed by atoms with Crippen molar-refractivity contribution in [3.63, 3.8) is 0 Å². The number of hydrogen-bond donors (Lipinski definition) is 0. The van der Waals surface area contributed by atoms with E-state index in [2.05, 4.69) is 10.5 Å². The van der Waals surface area contributed by atoms with Gasteiger partial charge >= 0.3 is 0 Å². The van der Waals surface area contributed by atoms with Gasteiger partial charge in [0.1, 0.15) is 0 Å². The molecule has 0 atom stereocenters. The Labute approximate surface area is 166 Å². The number of rotatable bonds is 4. The molecule has 1 radical (unpaired) electrons. The van der Waals surface area contributed by atoms with Gasteiger partial charge in [-0.3, -0.25) is 10.1 Å². The Bertz CT molecular complexity index is 1040. The van der Waals surface area contributed by atoms with E-state index in [0.29, 0.717) is 16.5 Å². The molecule has 0 fully saturated rings. The fourth-order valence-corrected chi connectivity index (χ4v) is 3.00. The van der Waals surface area contributed by atoms with Gasteiger partial charge < -0.3 is 0 Å². The molecule has 3 aromatic rings. The Kier molecular flexibility index (Phi) is 4.69. The number of nitrogens with zero attached hydrogens (tertiary/aromatic N) is 5. The first kappa shape index (κ1) is 17.6. The van der Waals surface area contributed by atoms with Gasteiger partial charge in [-0.15, -0.1) is 10.5 Å². The Hall–Kier alpha value is -3.78. The normalized spacial score (nSPS) is 13.7. The van der Waals surface area contributed by atoms with Crippen LogP contribution in [-0.2, 0) is 0 Å². The van der Waals surface area contributed by atoms with Crippen molar-refractivity contribution < 1.29 is 4.92 Å². The summed E-state index contributed by atoms with van der Waals surface area (Å²) in [6.45, 7) is 0. The number of non-ortho nitro benzene ring substituents is 1. The third kappa shape index (κ3) is 3.40. The van der Waals surface area contributed by atoms with Crippen molar-refractivity contribution in [1.82, 2.24) is 5.43 Å². The summed E-state index contributed by atoms with van der Waals surface area (Å²) in [5.41, 5.74) is 6.83. The van der Waals surface area contributed by atoms with Gasteiger partial charge in [-0.05, 0) is 48.6 Å². The highest BCUT2D eigenvalue weighted by atomic mass is 32.1. The molecule has 4 rings (SSSR count). The zero-order chi connectivity index (χ0) is 19.5. The zero-order valence-electron chi connectivity index (χ0n) is 14.5. The Balaban J connectivity index is 1.77. The molecule has 0 unspecified atom stereocenters. The minimum absolute atomic E-state index is 0.00973. The molecular formula is C20H14N5O2S. The van der Waals surface area contributed by atoms with Crippen LogP contribution in [0, 0.1) is 10.1 Å². The molecule has 0 spiro atoms. The quantitative estimate of drug-likeness (QED) is 0.382. The van der Waals surface area contributed by atoms with Crippen molar-refractivity contribution in [2.24, 2.45) is 5.10 Å². The first-order valence-electron chi connectivity index (χ1n) is 8.43. The van der Waals surface area contributed by atoms with E-state index in [1.165, 1.54) is 12.1 Å². The highest BCUT2D eigenvalue weighted by Gasteiger charge is 2.29. The van der Waals surface area contributed by atoms with Crippen molar-refractivity contribution in [2.45, 2.75) is 0 Å². The maximum absolute atomic E-state index is 10.9. The van der Waals surface area contributed by atoms with Crippen molar-refractivity contribution in [3.05, 3.63) is 101 Å². The van der Waals surface area contributed by atoms with E-state index >= 15 is 0 Å². The molecule has 137 valence electrons. The summed E-state index contributed by atoms with van der Waals surface area (Å²) in [5.74, 6) is 0.399. The van der Waals surface area contributed by atoms with E-state index < -0.39 is 4.92 Å². The summed E-state index contributed by atoms with van der Waals surface area (Å²) >= 11 is 5.63. The van der Waals surface area contributed by atoms with Crippen molar-refractivity contribution >= 4 is 40.2 Å². The van der Waals surface area contributed by atoms with Crippen LogP contribution in [0.15, 0.2) is 90.0 Å². The van der Waals surface area contributed by atoms with E-state index in [1.807, 2.05) is 60.7 Å². The van der Waals surface area contributed by atoms with Gasteiger partial charge in [0.05, 0.1) is 16.3 Å². The van der Waals surface area contributed by atoms with E-state index in [-0.39, 0.29) is 5.69 Å². The largest absolute Gasteiger partial charge is 0.269 e. The van der Waals surface area contributed by atoms with Crippen molar-refractivity contribution in [1.29, 1.82) is 0 Å². The Morgan fingerprint density at radius 3 is 1.86 bits per heavy atom. The lowest BCUT2D eigenvalue weighted by Gasteiger charge is -2.34. The summed E-state index contributed by atoms with van der Waals surface area (Å²) in [4.78, 5) is 10.5. The predicted molar refractivity (Wildman–Crippen MR) is 112 cm³/mol. The average Bonchev–Trinajstić information content (AvgIpc) is 2.75. The zero-order valence-corrected chi connectivity index (χ0v) is 15.4. The van der Waals surface area contributed by atoms with Crippen LogP contribution in [0.5, 0.6) is 0 Å².